The molecule has 0 bridgehead atoms. The first kappa shape index (κ1) is 19.7. The van der Waals surface area contributed by atoms with Crippen LogP contribution in [0.3, 0.4) is 0 Å². The largest absolute Gasteiger partial charge is 0.477 e. The lowest BCUT2D eigenvalue weighted by Gasteiger charge is -2.44. The number of thiazole rings is 1. The second-order valence-corrected chi connectivity index (χ2v) is 11.0. The highest BCUT2D eigenvalue weighted by Crippen LogP contribution is 2.50. The topological polar surface area (TPSA) is 99.5 Å². The summed E-state index contributed by atoms with van der Waals surface area (Å²) in [4.78, 5) is 30.9. The molecule has 2 aliphatic heterocycles. The molecule has 3 atom stereocenters. The van der Waals surface area contributed by atoms with Gasteiger partial charge in [0.05, 0.1) is 25.1 Å². The van der Waals surface area contributed by atoms with Gasteiger partial charge in [0.15, 0.2) is 4.34 Å². The van der Waals surface area contributed by atoms with Crippen LogP contribution in [-0.2, 0) is 23.2 Å². The number of aliphatic hydroxyl groups excluding tert-OH is 1. The Morgan fingerprint density at radius 2 is 2.30 bits per heavy atom. The number of thioether (sulfide) groups is 1. The third-order valence-electron chi connectivity index (χ3n) is 5.47. The zero-order valence-corrected chi connectivity index (χ0v) is 18.6. The lowest BCUT2D eigenvalue weighted by molar-refractivity contribution is -0.671. The van der Waals surface area contributed by atoms with E-state index in [0.29, 0.717) is 11.3 Å². The van der Waals surface area contributed by atoms with Crippen molar-refractivity contribution in [3.63, 3.8) is 0 Å². The summed E-state index contributed by atoms with van der Waals surface area (Å²) in [5.74, 6) is -1.96. The van der Waals surface area contributed by atoms with Crippen LogP contribution < -0.4 is 4.57 Å². The summed E-state index contributed by atoms with van der Waals surface area (Å²) in [7, 11) is 1.97. The lowest BCUT2D eigenvalue weighted by atomic mass is 9.83. The van der Waals surface area contributed by atoms with Gasteiger partial charge in [0.1, 0.15) is 34.2 Å². The maximum absolute atomic E-state index is 12.4. The first-order valence-electron chi connectivity index (χ1n) is 9.37. The van der Waals surface area contributed by atoms with E-state index in [9.17, 15) is 19.8 Å². The van der Waals surface area contributed by atoms with E-state index in [1.54, 1.807) is 29.6 Å². The van der Waals surface area contributed by atoms with Crippen molar-refractivity contribution in [1.82, 2.24) is 14.5 Å². The number of rotatable bonds is 6. The van der Waals surface area contributed by atoms with E-state index in [4.69, 9.17) is 4.98 Å². The summed E-state index contributed by atoms with van der Waals surface area (Å²) in [6.07, 6.45) is 5.65. The maximum atomic E-state index is 12.4. The Labute approximate surface area is 184 Å². The van der Waals surface area contributed by atoms with Crippen molar-refractivity contribution < 1.29 is 24.4 Å². The smallest absolute Gasteiger partial charge is 0.353 e. The SMILES string of the molecule is C[C@@H](O)[C@H]1C(=O)N2C(C(=O)O)=C(Sc3nc4c(Cn5cc[n+](C)c5)csc4s3)C[C@H]12. The molecule has 1 fully saturated rings. The Balaban J connectivity index is 1.41. The first-order chi connectivity index (χ1) is 14.3. The number of nitrogens with zero attached hydrogens (tertiary/aromatic N) is 4. The fourth-order valence-corrected chi connectivity index (χ4v) is 7.75. The molecule has 11 heteroatoms. The minimum atomic E-state index is -1.11. The van der Waals surface area contributed by atoms with E-state index in [1.165, 1.54) is 16.7 Å². The van der Waals surface area contributed by atoms with Gasteiger partial charge >= 0.3 is 5.97 Å². The van der Waals surface area contributed by atoms with Crippen molar-refractivity contribution in [2.45, 2.75) is 36.4 Å². The number of carboxylic acids is 1. The van der Waals surface area contributed by atoms with Crippen LogP contribution in [0, 0.1) is 5.92 Å². The van der Waals surface area contributed by atoms with Gasteiger partial charge in [0.25, 0.3) is 0 Å². The molecular formula is C19H19N4O4S3+. The summed E-state index contributed by atoms with van der Waals surface area (Å²) < 4.78 is 5.94. The van der Waals surface area contributed by atoms with Gasteiger partial charge in [-0.1, -0.05) is 23.1 Å². The molecule has 1 saturated heterocycles. The molecule has 3 aromatic rings. The number of aryl methyl sites for hydroxylation is 1. The number of carboxylic acid groups (broad SMARTS) is 1. The molecule has 0 aliphatic carbocycles. The van der Waals surface area contributed by atoms with Crippen LogP contribution in [-0.4, -0.2) is 48.7 Å². The van der Waals surface area contributed by atoms with Crippen molar-refractivity contribution in [2.24, 2.45) is 13.0 Å². The Hall–Kier alpha value is -2.21. The molecule has 3 aromatic heterocycles. The van der Waals surface area contributed by atoms with Crippen molar-refractivity contribution in [3.05, 3.63) is 40.3 Å². The maximum Gasteiger partial charge on any atom is 0.353 e. The number of thiophene rings is 1. The van der Waals surface area contributed by atoms with Crippen LogP contribution >= 0.6 is 34.4 Å². The van der Waals surface area contributed by atoms with Gasteiger partial charge < -0.3 is 15.1 Å². The first-order valence-corrected chi connectivity index (χ1v) is 11.9. The molecule has 30 heavy (non-hydrogen) atoms. The average molecular weight is 464 g/mol. The fourth-order valence-electron chi connectivity index (χ4n) is 4.13. The molecule has 5 rings (SSSR count). The Morgan fingerprint density at radius 1 is 1.50 bits per heavy atom. The third kappa shape index (κ3) is 3.08. The monoisotopic (exact) mass is 463 g/mol. The number of amides is 1. The van der Waals surface area contributed by atoms with Gasteiger partial charge in [-0.2, -0.15) is 0 Å². The number of hydrogen-bond donors (Lipinski definition) is 2. The van der Waals surface area contributed by atoms with Gasteiger partial charge in [-0.05, 0) is 6.92 Å². The number of imidazole rings is 1. The standard InChI is InChI=1S/C19H18N4O4S3/c1-9(24)13-11-5-12(15(17(26)27)23(11)16(13)25)29-19-20-14-10(7-28-18(14)30-19)6-22-4-3-21(2)8-22/h3-4,7-9,11,13,24H,5-6H2,1-2H3/p+1/t9-,11-,13-/m1/s1. The molecule has 8 nitrogen and oxygen atoms in total. The number of fused-ring (bicyclic) bond motifs is 2. The van der Waals surface area contributed by atoms with E-state index in [-0.39, 0.29) is 17.6 Å². The molecule has 0 radical (unpaired) electrons. The molecule has 2 N–H and O–H groups in total. The van der Waals surface area contributed by atoms with Crippen LogP contribution in [0.5, 0.6) is 0 Å². The van der Waals surface area contributed by atoms with Gasteiger partial charge in [0.2, 0.25) is 12.2 Å². The highest BCUT2D eigenvalue weighted by Gasteiger charge is 2.56. The summed E-state index contributed by atoms with van der Waals surface area (Å²) in [5, 5.41) is 21.7. The highest BCUT2D eigenvalue weighted by molar-refractivity contribution is 8.04. The van der Waals surface area contributed by atoms with Crippen LogP contribution in [0.2, 0.25) is 0 Å². The number of carbonyl (C=O) groups excluding carboxylic acids is 1. The van der Waals surface area contributed by atoms with Crippen molar-refractivity contribution >= 4 is 55.8 Å². The Kier molecular flexibility index (Phi) is 4.73. The van der Waals surface area contributed by atoms with Gasteiger partial charge in [-0.15, -0.1) is 11.3 Å². The van der Waals surface area contributed by atoms with Crippen molar-refractivity contribution in [1.29, 1.82) is 0 Å². The van der Waals surface area contributed by atoms with Crippen LogP contribution in [0.15, 0.2) is 39.0 Å². The quantitative estimate of drug-likeness (QED) is 0.429. The van der Waals surface area contributed by atoms with Gasteiger partial charge in [-0.3, -0.25) is 4.79 Å². The van der Waals surface area contributed by atoms with Crippen LogP contribution in [0.25, 0.3) is 9.53 Å². The normalized spacial score (nSPS) is 22.0. The zero-order valence-electron chi connectivity index (χ0n) is 16.2. The molecule has 1 amide bonds. The van der Waals surface area contributed by atoms with Gasteiger partial charge in [0, 0.05) is 22.3 Å². The summed E-state index contributed by atoms with van der Waals surface area (Å²) >= 11 is 4.50. The van der Waals surface area contributed by atoms with E-state index < -0.39 is 18.0 Å². The van der Waals surface area contributed by atoms with Crippen molar-refractivity contribution in [2.75, 3.05) is 0 Å². The van der Waals surface area contributed by atoms with Crippen LogP contribution in [0.1, 0.15) is 18.9 Å². The summed E-state index contributed by atoms with van der Waals surface area (Å²) in [6.45, 7) is 2.30. The second kappa shape index (κ2) is 7.19. The number of aromatic nitrogens is 3. The molecule has 0 saturated carbocycles. The summed E-state index contributed by atoms with van der Waals surface area (Å²) in [6, 6.07) is -0.280. The summed E-state index contributed by atoms with van der Waals surface area (Å²) in [5.41, 5.74) is 2.10. The van der Waals surface area contributed by atoms with Crippen molar-refractivity contribution in [3.8, 4) is 0 Å². The van der Waals surface area contributed by atoms with E-state index >= 15 is 0 Å². The second-order valence-electron chi connectivity index (χ2n) is 7.55. The molecule has 5 heterocycles. The highest BCUT2D eigenvalue weighted by atomic mass is 32.2. The predicted octanol–water partition coefficient (Wildman–Crippen LogP) is 2.03. The predicted molar refractivity (Wildman–Crippen MR) is 113 cm³/mol. The third-order valence-corrected chi connectivity index (χ3v) is 8.83. The number of β-lactam (4-membered cyclic amide) rings is 1. The molecule has 2 aliphatic rings. The van der Waals surface area contributed by atoms with Gasteiger partial charge in [-0.25, -0.2) is 18.9 Å². The minimum Gasteiger partial charge on any atom is -0.477 e. The molecule has 0 spiro atoms. The Bertz CT molecular complexity index is 1210. The molecule has 156 valence electrons. The number of carbonyl (C=O) groups is 2. The molecule has 0 aromatic carbocycles. The molecule has 0 unspecified atom stereocenters. The fraction of sp³-hybridized carbons (Fsp3) is 0.368. The number of aliphatic carboxylic acids is 1. The number of hydrogen-bond acceptors (Lipinski definition) is 7. The van der Waals surface area contributed by atoms with Crippen LogP contribution in [0.4, 0.5) is 0 Å². The zero-order chi connectivity index (χ0) is 21.2. The average Bonchev–Trinajstić information content (AvgIpc) is 3.40. The van der Waals surface area contributed by atoms with E-state index in [2.05, 4.69) is 9.95 Å². The molecular weight excluding hydrogens is 444 g/mol. The van der Waals surface area contributed by atoms with E-state index in [0.717, 1.165) is 26.0 Å². The lowest BCUT2D eigenvalue weighted by Crippen LogP contribution is -2.61. The van der Waals surface area contributed by atoms with E-state index in [1.807, 2.05) is 30.3 Å². The number of aliphatic hydroxyl groups is 1. The Morgan fingerprint density at radius 3 is 2.97 bits per heavy atom. The minimum absolute atomic E-state index is 0.0329.